The highest BCUT2D eigenvalue weighted by Gasteiger charge is 1.94. The SMILES string of the molecule is COCCOCCNCc1cnco1. The van der Waals surface area contributed by atoms with E-state index in [0.717, 1.165) is 12.3 Å². The van der Waals surface area contributed by atoms with Gasteiger partial charge in [-0.05, 0) is 0 Å². The van der Waals surface area contributed by atoms with Crippen LogP contribution in [0.3, 0.4) is 0 Å². The summed E-state index contributed by atoms with van der Waals surface area (Å²) >= 11 is 0. The molecule has 0 amide bonds. The lowest BCUT2D eigenvalue weighted by atomic mass is 10.5. The summed E-state index contributed by atoms with van der Waals surface area (Å²) in [6.45, 7) is 3.44. The molecule has 1 N–H and O–H groups in total. The molecule has 0 radical (unpaired) electrons. The Bertz CT molecular complexity index is 214. The van der Waals surface area contributed by atoms with E-state index >= 15 is 0 Å². The van der Waals surface area contributed by atoms with Crippen molar-refractivity contribution >= 4 is 0 Å². The highest BCUT2D eigenvalue weighted by Crippen LogP contribution is 1.93. The van der Waals surface area contributed by atoms with E-state index in [4.69, 9.17) is 13.9 Å². The molecule has 1 aromatic heterocycles. The number of nitrogens with zero attached hydrogens (tertiary/aromatic N) is 1. The summed E-state index contributed by atoms with van der Waals surface area (Å²) in [5, 5.41) is 3.17. The van der Waals surface area contributed by atoms with Crippen molar-refractivity contribution in [1.82, 2.24) is 10.3 Å². The van der Waals surface area contributed by atoms with Gasteiger partial charge in [-0.15, -0.1) is 0 Å². The number of ether oxygens (including phenoxy) is 2. The lowest BCUT2D eigenvalue weighted by molar-refractivity contribution is 0.0717. The van der Waals surface area contributed by atoms with E-state index in [2.05, 4.69) is 10.3 Å². The molecule has 0 bridgehead atoms. The van der Waals surface area contributed by atoms with Crippen LogP contribution in [0.5, 0.6) is 0 Å². The van der Waals surface area contributed by atoms with Crippen molar-refractivity contribution in [1.29, 1.82) is 0 Å². The first-order chi connectivity index (χ1) is 6.93. The molecule has 5 heteroatoms. The number of hydrogen-bond donors (Lipinski definition) is 1. The summed E-state index contributed by atoms with van der Waals surface area (Å²) in [4.78, 5) is 3.81. The smallest absolute Gasteiger partial charge is 0.180 e. The minimum atomic E-state index is 0.639. The molecule has 14 heavy (non-hydrogen) atoms. The van der Waals surface area contributed by atoms with Gasteiger partial charge >= 0.3 is 0 Å². The van der Waals surface area contributed by atoms with Crippen molar-refractivity contribution in [3.8, 4) is 0 Å². The monoisotopic (exact) mass is 200 g/mol. The van der Waals surface area contributed by atoms with Crippen molar-refractivity contribution in [2.24, 2.45) is 0 Å². The van der Waals surface area contributed by atoms with Crippen molar-refractivity contribution in [3.63, 3.8) is 0 Å². The topological polar surface area (TPSA) is 56.5 Å². The molecule has 0 fully saturated rings. The van der Waals surface area contributed by atoms with Crippen LogP contribution in [0.25, 0.3) is 0 Å². The Morgan fingerprint density at radius 1 is 1.43 bits per heavy atom. The first-order valence-electron chi connectivity index (χ1n) is 4.58. The minimum Gasteiger partial charge on any atom is -0.447 e. The summed E-state index contributed by atoms with van der Waals surface area (Å²) in [5.74, 6) is 0.835. The molecule has 0 atom stereocenters. The van der Waals surface area contributed by atoms with Gasteiger partial charge in [0.05, 0.1) is 32.6 Å². The average molecular weight is 200 g/mol. The lowest BCUT2D eigenvalue weighted by Crippen LogP contribution is -2.19. The van der Waals surface area contributed by atoms with Gasteiger partial charge in [-0.3, -0.25) is 0 Å². The third-order valence-corrected chi connectivity index (χ3v) is 1.64. The average Bonchev–Trinajstić information content (AvgIpc) is 2.69. The molecule has 80 valence electrons. The number of oxazole rings is 1. The Labute approximate surface area is 83.4 Å². The summed E-state index contributed by atoms with van der Waals surface area (Å²) < 4.78 is 15.1. The maximum atomic E-state index is 5.26. The fourth-order valence-corrected chi connectivity index (χ4v) is 0.930. The van der Waals surface area contributed by atoms with Gasteiger partial charge in [-0.1, -0.05) is 0 Å². The second-order valence-electron chi connectivity index (χ2n) is 2.75. The van der Waals surface area contributed by atoms with Gasteiger partial charge in [0, 0.05) is 13.7 Å². The highest BCUT2D eigenvalue weighted by atomic mass is 16.5. The second-order valence-corrected chi connectivity index (χ2v) is 2.75. The fourth-order valence-electron chi connectivity index (χ4n) is 0.930. The van der Waals surface area contributed by atoms with Crippen LogP contribution in [0.4, 0.5) is 0 Å². The Morgan fingerprint density at radius 2 is 2.36 bits per heavy atom. The van der Waals surface area contributed by atoms with Gasteiger partial charge in [-0.25, -0.2) is 4.98 Å². The second kappa shape index (κ2) is 7.49. The normalized spacial score (nSPS) is 10.6. The van der Waals surface area contributed by atoms with Crippen LogP contribution in [0.2, 0.25) is 0 Å². The third kappa shape index (κ3) is 4.96. The van der Waals surface area contributed by atoms with Gasteiger partial charge in [0.2, 0.25) is 0 Å². The van der Waals surface area contributed by atoms with Crippen LogP contribution in [0.15, 0.2) is 17.0 Å². The number of nitrogens with one attached hydrogen (secondary N) is 1. The molecule has 1 rings (SSSR count). The number of rotatable bonds is 8. The maximum Gasteiger partial charge on any atom is 0.180 e. The van der Waals surface area contributed by atoms with E-state index in [9.17, 15) is 0 Å². The molecule has 0 unspecified atom stereocenters. The Kier molecular flexibility index (Phi) is 5.97. The Hall–Kier alpha value is -0.910. The zero-order valence-electron chi connectivity index (χ0n) is 8.36. The predicted octanol–water partition coefficient (Wildman–Crippen LogP) is 0.427. The summed E-state index contributed by atoms with van der Waals surface area (Å²) in [6.07, 6.45) is 3.12. The van der Waals surface area contributed by atoms with Gasteiger partial charge in [0.15, 0.2) is 6.39 Å². The highest BCUT2D eigenvalue weighted by molar-refractivity contribution is 4.86. The molecule has 0 aliphatic heterocycles. The standard InChI is InChI=1S/C9H16N2O3/c1-12-4-5-13-3-2-10-6-9-7-11-8-14-9/h7-8,10H,2-6H2,1H3. The zero-order chi connectivity index (χ0) is 10.1. The van der Waals surface area contributed by atoms with E-state index < -0.39 is 0 Å². The molecule has 0 aliphatic rings. The number of aromatic nitrogens is 1. The molecule has 1 aromatic rings. The Balaban J connectivity index is 1.85. The zero-order valence-corrected chi connectivity index (χ0v) is 8.36. The van der Waals surface area contributed by atoms with Crippen LogP contribution in [0.1, 0.15) is 5.76 Å². The molecule has 0 aliphatic carbocycles. The number of methoxy groups -OCH3 is 1. The molecule has 1 heterocycles. The van der Waals surface area contributed by atoms with Gasteiger partial charge in [0.25, 0.3) is 0 Å². The first-order valence-corrected chi connectivity index (χ1v) is 4.58. The van der Waals surface area contributed by atoms with E-state index in [1.165, 1.54) is 6.39 Å². The molecule has 0 aromatic carbocycles. The number of hydrogen-bond acceptors (Lipinski definition) is 5. The van der Waals surface area contributed by atoms with Gasteiger partial charge in [-0.2, -0.15) is 0 Å². The van der Waals surface area contributed by atoms with Crippen LogP contribution < -0.4 is 5.32 Å². The largest absolute Gasteiger partial charge is 0.447 e. The van der Waals surface area contributed by atoms with E-state index in [1.807, 2.05) is 0 Å². The van der Waals surface area contributed by atoms with E-state index in [0.29, 0.717) is 26.4 Å². The van der Waals surface area contributed by atoms with E-state index in [-0.39, 0.29) is 0 Å². The molecule has 0 saturated carbocycles. The van der Waals surface area contributed by atoms with Crippen molar-refractivity contribution < 1.29 is 13.9 Å². The summed E-state index contributed by atoms with van der Waals surface area (Å²) in [7, 11) is 1.66. The summed E-state index contributed by atoms with van der Waals surface area (Å²) in [6, 6.07) is 0. The Morgan fingerprint density at radius 3 is 3.07 bits per heavy atom. The molecular formula is C9H16N2O3. The van der Waals surface area contributed by atoms with Gasteiger partial charge in [0.1, 0.15) is 5.76 Å². The quantitative estimate of drug-likeness (QED) is 0.617. The van der Waals surface area contributed by atoms with Crippen molar-refractivity contribution in [2.75, 3.05) is 33.5 Å². The maximum absolute atomic E-state index is 5.26. The molecular weight excluding hydrogens is 184 g/mol. The fraction of sp³-hybridized carbons (Fsp3) is 0.667. The predicted molar refractivity (Wildman–Crippen MR) is 50.9 cm³/mol. The lowest BCUT2D eigenvalue weighted by Gasteiger charge is -2.03. The minimum absolute atomic E-state index is 0.639. The van der Waals surface area contributed by atoms with Crippen LogP contribution in [-0.2, 0) is 16.0 Å². The van der Waals surface area contributed by atoms with Crippen molar-refractivity contribution in [2.45, 2.75) is 6.54 Å². The van der Waals surface area contributed by atoms with E-state index in [1.54, 1.807) is 13.3 Å². The van der Waals surface area contributed by atoms with Crippen LogP contribution in [0, 0.1) is 0 Å². The first kappa shape index (κ1) is 11.2. The van der Waals surface area contributed by atoms with Crippen molar-refractivity contribution in [3.05, 3.63) is 18.4 Å². The van der Waals surface area contributed by atoms with Crippen LogP contribution in [-0.4, -0.2) is 38.5 Å². The van der Waals surface area contributed by atoms with Crippen LogP contribution >= 0.6 is 0 Å². The molecule has 0 spiro atoms. The molecule has 5 nitrogen and oxygen atoms in total. The molecule has 0 saturated heterocycles. The summed E-state index contributed by atoms with van der Waals surface area (Å²) in [5.41, 5.74) is 0. The third-order valence-electron chi connectivity index (χ3n) is 1.64. The van der Waals surface area contributed by atoms with Gasteiger partial charge < -0.3 is 19.2 Å².